The standard InChI is InChI=1S/C44H70O9/c1-28(13-11-14-29(2)25-39(48)40(49)27-37(10)46)21-30(3)18-20-44(51)52-41-15-12-16-43(50)53-42(19-17-31(4)22-34(41)7)35(8)24-32(5)23-33(6)38(47)26-36(9)45/h11,13-14,17-18,20-21,23,25,33-42,45-49H,12,15-16,19,22,24,26-27H2,1-10H3/b14-11+,20-18+,28-13+,29-25+,30-21+,31-17+,32-23+/t33-,34+,35+,36-,37+,38-,39+,40+,41?,42-/m1/s1. The summed E-state index contributed by atoms with van der Waals surface area (Å²) in [5.41, 5.74) is 4.84. The largest absolute Gasteiger partial charge is 0.462 e. The monoisotopic (exact) mass is 743 g/mol. The topological polar surface area (TPSA) is 154 Å². The van der Waals surface area contributed by atoms with Crippen molar-refractivity contribution in [1.29, 1.82) is 0 Å². The molecule has 300 valence electrons. The highest BCUT2D eigenvalue weighted by Crippen LogP contribution is 2.27. The van der Waals surface area contributed by atoms with Gasteiger partial charge in [-0.25, -0.2) is 4.79 Å². The molecule has 0 fully saturated rings. The van der Waals surface area contributed by atoms with Crippen molar-refractivity contribution < 1.29 is 44.6 Å². The third-order valence-corrected chi connectivity index (χ3v) is 9.48. The van der Waals surface area contributed by atoms with Crippen LogP contribution in [0.5, 0.6) is 0 Å². The maximum absolute atomic E-state index is 12.9. The molecule has 0 radical (unpaired) electrons. The Morgan fingerprint density at radius 3 is 2.19 bits per heavy atom. The Hall–Kier alpha value is -3.08. The van der Waals surface area contributed by atoms with Crippen molar-refractivity contribution in [3.05, 3.63) is 82.5 Å². The number of allylic oxidation sites excluding steroid dienone is 10. The van der Waals surface area contributed by atoms with Gasteiger partial charge in [0.2, 0.25) is 0 Å². The van der Waals surface area contributed by atoms with Gasteiger partial charge in [0.15, 0.2) is 0 Å². The molecule has 9 heteroatoms. The first kappa shape index (κ1) is 47.9. The lowest BCUT2D eigenvalue weighted by molar-refractivity contribution is -0.152. The number of hydrogen-bond acceptors (Lipinski definition) is 9. The first-order chi connectivity index (χ1) is 24.8. The van der Waals surface area contributed by atoms with Gasteiger partial charge in [0.05, 0.1) is 30.5 Å². The number of ether oxygens (including phenoxy) is 2. The van der Waals surface area contributed by atoms with E-state index in [-0.39, 0.29) is 48.8 Å². The zero-order valence-corrected chi connectivity index (χ0v) is 34.0. The molecule has 1 rings (SSSR count). The fourth-order valence-corrected chi connectivity index (χ4v) is 6.52. The van der Waals surface area contributed by atoms with Gasteiger partial charge in [-0.1, -0.05) is 97.2 Å². The number of esters is 2. The van der Waals surface area contributed by atoms with E-state index in [4.69, 9.17) is 9.47 Å². The molecule has 1 heterocycles. The van der Waals surface area contributed by atoms with Crippen LogP contribution in [-0.4, -0.2) is 80.2 Å². The SMILES string of the molecule is CC(=C\C=C\C(C)=C\[C@H](O)[C@@H](O)C[C@H](C)O)/C=C(C)/C=C/C(=O)OC1CCCC(=O)O[C@@H]([C@@H](C)C/C(C)=C/[C@@H](C)[C@H](O)C[C@@H](C)O)C/C=C(\C)C[C@@H]1C. The van der Waals surface area contributed by atoms with E-state index < -0.39 is 36.5 Å². The normalized spacial score (nSPS) is 25.7. The van der Waals surface area contributed by atoms with Crippen LogP contribution >= 0.6 is 0 Å². The van der Waals surface area contributed by atoms with Crippen LogP contribution in [-0.2, 0) is 19.1 Å². The van der Waals surface area contributed by atoms with Crippen molar-refractivity contribution >= 4 is 11.9 Å². The summed E-state index contributed by atoms with van der Waals surface area (Å²) in [5, 5.41) is 49.4. The molecule has 0 saturated heterocycles. The minimum Gasteiger partial charge on any atom is -0.462 e. The number of carbonyl (C=O) groups is 2. The van der Waals surface area contributed by atoms with Crippen LogP contribution in [0.25, 0.3) is 0 Å². The van der Waals surface area contributed by atoms with E-state index >= 15 is 0 Å². The minimum absolute atomic E-state index is 0.0587. The van der Waals surface area contributed by atoms with Gasteiger partial charge >= 0.3 is 11.9 Å². The van der Waals surface area contributed by atoms with Crippen LogP contribution in [0.2, 0.25) is 0 Å². The van der Waals surface area contributed by atoms with E-state index in [1.165, 1.54) is 6.08 Å². The molecular weight excluding hydrogens is 672 g/mol. The Balaban J connectivity index is 2.86. The summed E-state index contributed by atoms with van der Waals surface area (Å²) in [6.07, 6.45) is 15.5. The predicted molar refractivity (Wildman–Crippen MR) is 213 cm³/mol. The maximum Gasteiger partial charge on any atom is 0.331 e. The average molecular weight is 743 g/mol. The van der Waals surface area contributed by atoms with Crippen LogP contribution in [0.15, 0.2) is 82.5 Å². The lowest BCUT2D eigenvalue weighted by atomic mass is 9.89. The third kappa shape index (κ3) is 21.4. The lowest BCUT2D eigenvalue weighted by Gasteiger charge is -2.27. The number of rotatable bonds is 17. The van der Waals surface area contributed by atoms with Crippen LogP contribution in [0.3, 0.4) is 0 Å². The van der Waals surface area contributed by atoms with Crippen LogP contribution < -0.4 is 0 Å². The quantitative estimate of drug-likeness (QED) is 0.0440. The number of hydrogen-bond donors (Lipinski definition) is 5. The molecule has 0 amide bonds. The Morgan fingerprint density at radius 2 is 1.55 bits per heavy atom. The molecular formula is C44H70O9. The Bertz CT molecular complexity index is 1350. The van der Waals surface area contributed by atoms with E-state index in [2.05, 4.69) is 26.8 Å². The summed E-state index contributed by atoms with van der Waals surface area (Å²) in [4.78, 5) is 25.9. The summed E-state index contributed by atoms with van der Waals surface area (Å²) < 4.78 is 11.9. The highest BCUT2D eigenvalue weighted by atomic mass is 16.5. The van der Waals surface area contributed by atoms with Crippen molar-refractivity contribution in [3.63, 3.8) is 0 Å². The Kier molecular flexibility index (Phi) is 22.7. The molecule has 0 aromatic carbocycles. The van der Waals surface area contributed by atoms with Gasteiger partial charge in [-0.3, -0.25) is 4.79 Å². The second kappa shape index (κ2) is 25.1. The lowest BCUT2D eigenvalue weighted by Crippen LogP contribution is -2.28. The van der Waals surface area contributed by atoms with Crippen LogP contribution in [0.1, 0.15) is 121 Å². The number of aliphatic hydroxyl groups excluding tert-OH is 5. The molecule has 0 aromatic rings. The molecule has 5 N–H and O–H groups in total. The smallest absolute Gasteiger partial charge is 0.331 e. The van der Waals surface area contributed by atoms with Gasteiger partial charge in [0.1, 0.15) is 12.2 Å². The van der Waals surface area contributed by atoms with Gasteiger partial charge in [-0.2, -0.15) is 0 Å². The molecule has 1 aliphatic rings. The molecule has 0 aromatic heterocycles. The van der Waals surface area contributed by atoms with E-state index in [1.54, 1.807) is 26.0 Å². The summed E-state index contributed by atoms with van der Waals surface area (Å²) in [7, 11) is 0. The van der Waals surface area contributed by atoms with Crippen molar-refractivity contribution in [3.8, 4) is 0 Å². The summed E-state index contributed by atoms with van der Waals surface area (Å²) in [6, 6.07) is 0. The van der Waals surface area contributed by atoms with Crippen LogP contribution in [0, 0.1) is 17.8 Å². The van der Waals surface area contributed by atoms with E-state index in [0.717, 1.165) is 40.7 Å². The fourth-order valence-electron chi connectivity index (χ4n) is 6.52. The summed E-state index contributed by atoms with van der Waals surface area (Å²) >= 11 is 0. The highest BCUT2D eigenvalue weighted by Gasteiger charge is 2.26. The number of aliphatic hydroxyl groups is 5. The third-order valence-electron chi connectivity index (χ3n) is 9.48. The molecule has 0 spiro atoms. The van der Waals surface area contributed by atoms with Gasteiger partial charge in [-0.15, -0.1) is 0 Å². The summed E-state index contributed by atoms with van der Waals surface area (Å²) in [6.45, 7) is 19.1. The van der Waals surface area contributed by atoms with Crippen molar-refractivity contribution in [1.82, 2.24) is 0 Å². The van der Waals surface area contributed by atoms with Crippen molar-refractivity contribution in [2.45, 2.75) is 163 Å². The second-order valence-electron chi connectivity index (χ2n) is 15.6. The van der Waals surface area contributed by atoms with Gasteiger partial charge in [0.25, 0.3) is 0 Å². The fraction of sp³-hybridized carbons (Fsp3) is 0.636. The van der Waals surface area contributed by atoms with E-state index in [0.29, 0.717) is 25.7 Å². The first-order valence-corrected chi connectivity index (χ1v) is 19.3. The second-order valence-corrected chi connectivity index (χ2v) is 15.6. The van der Waals surface area contributed by atoms with E-state index in [9.17, 15) is 35.1 Å². The zero-order valence-electron chi connectivity index (χ0n) is 34.0. The molecule has 9 nitrogen and oxygen atoms in total. The number of cyclic esters (lactones) is 1. The van der Waals surface area contributed by atoms with Gasteiger partial charge in [-0.05, 0) is 92.4 Å². The molecule has 53 heavy (non-hydrogen) atoms. The van der Waals surface area contributed by atoms with Crippen LogP contribution in [0.4, 0.5) is 0 Å². The van der Waals surface area contributed by atoms with E-state index in [1.807, 2.05) is 65.0 Å². The van der Waals surface area contributed by atoms with Gasteiger partial charge < -0.3 is 35.0 Å². The molecule has 0 bridgehead atoms. The maximum atomic E-state index is 12.9. The molecule has 0 saturated carbocycles. The molecule has 0 aliphatic carbocycles. The molecule has 1 aliphatic heterocycles. The highest BCUT2D eigenvalue weighted by molar-refractivity contribution is 5.82. The zero-order chi connectivity index (χ0) is 40.2. The Labute approximate surface area is 319 Å². The Morgan fingerprint density at radius 1 is 0.906 bits per heavy atom. The first-order valence-electron chi connectivity index (χ1n) is 19.3. The molecule has 1 unspecified atom stereocenters. The average Bonchev–Trinajstić information content (AvgIpc) is 3.03. The minimum atomic E-state index is -1.07. The van der Waals surface area contributed by atoms with Crippen molar-refractivity contribution in [2.24, 2.45) is 17.8 Å². The molecule has 10 atom stereocenters. The van der Waals surface area contributed by atoms with Gasteiger partial charge in [0, 0.05) is 31.3 Å². The predicted octanol–water partition coefficient (Wildman–Crippen LogP) is 7.54. The van der Waals surface area contributed by atoms with Crippen molar-refractivity contribution in [2.75, 3.05) is 0 Å². The number of carbonyl (C=O) groups excluding carboxylic acids is 2. The summed E-state index contributed by atoms with van der Waals surface area (Å²) in [5.74, 6) is -0.659.